The molecule has 0 bridgehead atoms. The number of guanidine groups is 1. The molecule has 0 saturated carbocycles. The van der Waals surface area contributed by atoms with E-state index in [4.69, 9.17) is 5.73 Å². The molecule has 2 heterocycles. The molecule has 3 rings (SSSR count). The van der Waals surface area contributed by atoms with E-state index in [2.05, 4.69) is 32.3 Å². The number of rotatable bonds is 7. The van der Waals surface area contributed by atoms with Crippen LogP contribution in [0.5, 0.6) is 0 Å². The Morgan fingerprint density at radius 3 is 2.54 bits per heavy atom. The fraction of sp³-hybridized carbons (Fsp3) is 0.381. The minimum absolute atomic E-state index is 0.137. The Balaban J connectivity index is 1.33. The molecule has 1 fully saturated rings. The molecule has 0 aliphatic carbocycles. The Labute approximate surface area is 166 Å². The monoisotopic (exact) mass is 380 g/mol. The van der Waals surface area contributed by atoms with Gasteiger partial charge in [0.1, 0.15) is 0 Å². The van der Waals surface area contributed by atoms with Crippen LogP contribution in [0.3, 0.4) is 0 Å². The van der Waals surface area contributed by atoms with Crippen molar-refractivity contribution in [1.82, 2.24) is 15.2 Å². The number of benzene rings is 1. The summed E-state index contributed by atoms with van der Waals surface area (Å²) in [6, 6.07) is 16.1. The van der Waals surface area contributed by atoms with Crippen molar-refractivity contribution in [2.45, 2.75) is 12.8 Å². The molecule has 1 saturated heterocycles. The quantitative estimate of drug-likeness (QED) is 0.558. The molecule has 148 valence electrons. The van der Waals surface area contributed by atoms with Crippen LogP contribution in [0.1, 0.15) is 12.1 Å². The van der Waals surface area contributed by atoms with Gasteiger partial charge in [-0.25, -0.2) is 0 Å². The van der Waals surface area contributed by atoms with Crippen molar-refractivity contribution in [2.24, 2.45) is 10.7 Å². The number of nitrogens with one attached hydrogen (secondary N) is 1. The van der Waals surface area contributed by atoms with Crippen LogP contribution in [0, 0.1) is 0 Å². The van der Waals surface area contributed by atoms with Crippen molar-refractivity contribution in [3.63, 3.8) is 0 Å². The van der Waals surface area contributed by atoms with Crippen LogP contribution in [-0.2, 0) is 11.2 Å². The number of carbonyl (C=O) groups is 1. The average Bonchev–Trinajstić information content (AvgIpc) is 2.75. The third-order valence-corrected chi connectivity index (χ3v) is 4.77. The lowest BCUT2D eigenvalue weighted by Crippen LogP contribution is -2.49. The summed E-state index contributed by atoms with van der Waals surface area (Å²) >= 11 is 0. The smallest absolute Gasteiger partial charge is 0.224 e. The second-order valence-electron chi connectivity index (χ2n) is 6.72. The van der Waals surface area contributed by atoms with E-state index in [-0.39, 0.29) is 5.91 Å². The zero-order valence-corrected chi connectivity index (χ0v) is 16.1. The first-order valence-electron chi connectivity index (χ1n) is 9.74. The molecule has 0 unspecified atom stereocenters. The van der Waals surface area contributed by atoms with Gasteiger partial charge in [-0.05, 0) is 24.3 Å². The number of para-hydroxylation sites is 1. The lowest BCUT2D eigenvalue weighted by Gasteiger charge is -2.36. The second-order valence-corrected chi connectivity index (χ2v) is 6.72. The van der Waals surface area contributed by atoms with Gasteiger partial charge in [0, 0.05) is 63.1 Å². The van der Waals surface area contributed by atoms with Gasteiger partial charge in [-0.1, -0.05) is 24.3 Å². The van der Waals surface area contributed by atoms with Gasteiger partial charge in [0.2, 0.25) is 5.91 Å². The summed E-state index contributed by atoms with van der Waals surface area (Å²) in [4.78, 5) is 25.1. The minimum atomic E-state index is 0.137. The summed E-state index contributed by atoms with van der Waals surface area (Å²) in [5.41, 5.74) is 8.09. The highest BCUT2D eigenvalue weighted by molar-refractivity contribution is 5.79. The molecule has 0 spiro atoms. The third-order valence-electron chi connectivity index (χ3n) is 4.77. The van der Waals surface area contributed by atoms with Crippen molar-refractivity contribution in [2.75, 3.05) is 44.2 Å². The van der Waals surface area contributed by atoms with Gasteiger partial charge in [-0.15, -0.1) is 0 Å². The largest absolute Gasteiger partial charge is 0.370 e. The lowest BCUT2D eigenvalue weighted by atomic mass is 10.2. The first-order chi connectivity index (χ1) is 13.7. The highest BCUT2D eigenvalue weighted by Crippen LogP contribution is 2.15. The van der Waals surface area contributed by atoms with E-state index in [9.17, 15) is 4.79 Å². The van der Waals surface area contributed by atoms with Crippen molar-refractivity contribution in [3.8, 4) is 0 Å². The normalized spacial score (nSPS) is 14.8. The topological polar surface area (TPSA) is 86.8 Å². The van der Waals surface area contributed by atoms with Gasteiger partial charge in [0.05, 0.1) is 6.54 Å². The van der Waals surface area contributed by atoms with E-state index in [0.717, 1.165) is 38.3 Å². The fourth-order valence-electron chi connectivity index (χ4n) is 3.20. The Hall–Kier alpha value is -3.09. The van der Waals surface area contributed by atoms with E-state index >= 15 is 0 Å². The van der Waals surface area contributed by atoms with Gasteiger partial charge < -0.3 is 20.9 Å². The van der Waals surface area contributed by atoms with E-state index < -0.39 is 0 Å². The number of anilines is 1. The molecule has 3 N–H and O–H groups in total. The van der Waals surface area contributed by atoms with Crippen molar-refractivity contribution >= 4 is 17.6 Å². The maximum absolute atomic E-state index is 12.4. The fourth-order valence-corrected chi connectivity index (χ4v) is 3.20. The zero-order valence-electron chi connectivity index (χ0n) is 16.1. The maximum Gasteiger partial charge on any atom is 0.224 e. The van der Waals surface area contributed by atoms with Crippen LogP contribution in [0.25, 0.3) is 0 Å². The van der Waals surface area contributed by atoms with E-state index in [1.165, 1.54) is 5.69 Å². The average molecular weight is 380 g/mol. The molecular formula is C21H28N6O. The Morgan fingerprint density at radius 2 is 1.82 bits per heavy atom. The Bertz CT molecular complexity index is 757. The van der Waals surface area contributed by atoms with Gasteiger partial charge in [0.25, 0.3) is 0 Å². The number of aliphatic imine (C=N–C) groups is 1. The molecule has 28 heavy (non-hydrogen) atoms. The first kappa shape index (κ1) is 19.7. The summed E-state index contributed by atoms with van der Waals surface area (Å²) in [6.07, 6.45) is 2.94. The molecule has 7 nitrogen and oxygen atoms in total. The Kier molecular flexibility index (Phi) is 7.23. The second kappa shape index (κ2) is 10.3. The number of hydrogen-bond acceptors (Lipinski definition) is 4. The van der Waals surface area contributed by atoms with Crippen molar-refractivity contribution < 1.29 is 4.79 Å². The summed E-state index contributed by atoms with van der Waals surface area (Å²) in [5, 5.41) is 3.06. The first-order valence-corrected chi connectivity index (χ1v) is 9.74. The minimum Gasteiger partial charge on any atom is -0.370 e. The molecule has 1 aromatic carbocycles. The number of amides is 1. The molecular weight excluding hydrogens is 352 g/mol. The van der Waals surface area contributed by atoms with Crippen LogP contribution >= 0.6 is 0 Å². The molecule has 0 atom stereocenters. The summed E-state index contributed by atoms with van der Waals surface area (Å²) in [5.74, 6) is 0.510. The van der Waals surface area contributed by atoms with Gasteiger partial charge in [0.15, 0.2) is 5.96 Å². The van der Waals surface area contributed by atoms with E-state index in [0.29, 0.717) is 25.5 Å². The number of carbonyl (C=O) groups excluding carboxylic acids is 1. The number of nitrogens with zero attached hydrogens (tertiary/aromatic N) is 4. The van der Waals surface area contributed by atoms with Crippen LogP contribution in [0.4, 0.5) is 5.69 Å². The highest BCUT2D eigenvalue weighted by atomic mass is 16.2. The van der Waals surface area contributed by atoms with Crippen LogP contribution in [0.15, 0.2) is 59.7 Å². The maximum atomic E-state index is 12.4. The number of pyridine rings is 1. The number of hydrogen-bond donors (Lipinski definition) is 2. The Morgan fingerprint density at radius 1 is 1.07 bits per heavy atom. The lowest BCUT2D eigenvalue weighted by molar-refractivity contribution is -0.131. The number of nitrogens with two attached hydrogens (primary N) is 1. The van der Waals surface area contributed by atoms with Crippen LogP contribution in [0.2, 0.25) is 0 Å². The molecule has 1 aromatic heterocycles. The molecule has 0 radical (unpaired) electrons. The molecule has 2 aromatic rings. The predicted molar refractivity (Wildman–Crippen MR) is 112 cm³/mol. The molecule has 1 aliphatic rings. The number of piperazine rings is 1. The third kappa shape index (κ3) is 5.97. The van der Waals surface area contributed by atoms with Crippen LogP contribution in [-0.4, -0.2) is 61.0 Å². The summed E-state index contributed by atoms with van der Waals surface area (Å²) < 4.78 is 0. The highest BCUT2D eigenvalue weighted by Gasteiger charge is 2.20. The van der Waals surface area contributed by atoms with E-state index in [1.807, 2.05) is 41.3 Å². The molecule has 1 amide bonds. The van der Waals surface area contributed by atoms with E-state index in [1.54, 1.807) is 6.20 Å². The van der Waals surface area contributed by atoms with Gasteiger partial charge in [-0.2, -0.15) is 0 Å². The van der Waals surface area contributed by atoms with Crippen molar-refractivity contribution in [3.05, 3.63) is 60.4 Å². The standard InChI is InChI=1S/C21H28N6O/c22-21(24-12-9-18-6-4-5-11-23-18)25-13-10-20(28)27-16-14-26(15-17-27)19-7-2-1-3-8-19/h1-8,11H,9-10,12-17H2,(H3,22,24,25). The predicted octanol–water partition coefficient (Wildman–Crippen LogP) is 1.27. The summed E-state index contributed by atoms with van der Waals surface area (Å²) in [7, 11) is 0. The molecule has 7 heteroatoms. The zero-order chi connectivity index (χ0) is 19.6. The summed E-state index contributed by atoms with van der Waals surface area (Å²) in [6.45, 7) is 4.28. The van der Waals surface area contributed by atoms with Crippen LogP contribution < -0.4 is 16.0 Å². The van der Waals surface area contributed by atoms with Gasteiger partial charge in [-0.3, -0.25) is 14.8 Å². The SMILES string of the molecule is NC(=NCCC(=O)N1CCN(c2ccccc2)CC1)NCCc1ccccn1. The molecule has 1 aliphatic heterocycles. The van der Waals surface area contributed by atoms with Crippen molar-refractivity contribution in [1.29, 1.82) is 0 Å². The van der Waals surface area contributed by atoms with Gasteiger partial charge >= 0.3 is 0 Å². The number of aromatic nitrogens is 1.